The van der Waals surface area contributed by atoms with Crippen LogP contribution in [0.15, 0.2) is 47.9 Å². The van der Waals surface area contributed by atoms with Gasteiger partial charge in [-0.25, -0.2) is 23.1 Å². The molecule has 2 aliphatic rings. The molecule has 4 rings (SSSR count). The van der Waals surface area contributed by atoms with Crippen LogP contribution < -0.4 is 10.2 Å². The number of amides is 2. The Morgan fingerprint density at radius 3 is 2.16 bits per heavy atom. The van der Waals surface area contributed by atoms with Crippen LogP contribution in [0.2, 0.25) is 0 Å². The second-order valence-corrected chi connectivity index (χ2v) is 11.7. The summed E-state index contributed by atoms with van der Waals surface area (Å²) in [6, 6.07) is -3.37. The Kier molecular flexibility index (Phi) is 5.90. The third kappa shape index (κ3) is 5.61. The van der Waals surface area contributed by atoms with Crippen LogP contribution in [0.4, 0.5) is 38.3 Å². The number of benzene rings is 1. The van der Waals surface area contributed by atoms with Gasteiger partial charge in [0.15, 0.2) is 0 Å². The molecule has 2 saturated carbocycles. The van der Waals surface area contributed by atoms with E-state index >= 15 is 0 Å². The number of alkyl halides is 4. The number of rotatable bonds is 7. The molecule has 0 saturated heterocycles. The first-order chi connectivity index (χ1) is 17.2. The first-order valence-corrected chi connectivity index (χ1v) is 13.0. The first-order valence-electron chi connectivity index (χ1n) is 11.1. The van der Waals surface area contributed by atoms with Crippen LogP contribution >= 0.6 is 21.8 Å². The van der Waals surface area contributed by atoms with Gasteiger partial charge >= 0.3 is 10.2 Å². The highest BCUT2D eigenvalue weighted by Gasteiger charge is 2.65. The zero-order valence-electron chi connectivity index (χ0n) is 19.4. The van der Waals surface area contributed by atoms with E-state index in [1.165, 1.54) is 0 Å². The van der Waals surface area contributed by atoms with Crippen LogP contribution in [0.1, 0.15) is 32.2 Å². The second kappa shape index (κ2) is 8.41. The minimum Gasteiger partial charge on any atom is -0.351 e. The number of aromatic nitrogens is 2. The van der Waals surface area contributed by atoms with Crippen molar-refractivity contribution in [1.82, 2.24) is 15.3 Å². The summed E-state index contributed by atoms with van der Waals surface area (Å²) >= 11 is 5.29. The topological polar surface area (TPSA) is 75.2 Å². The largest absolute Gasteiger partial charge is 0.351 e. The minimum atomic E-state index is -10.1. The monoisotopic (exact) mass is 579 g/mol. The number of carbonyl (C=O) groups excluding carboxylic acids is 2. The van der Waals surface area contributed by atoms with Crippen LogP contribution in [0.5, 0.6) is 0 Å². The summed E-state index contributed by atoms with van der Waals surface area (Å²) in [7, 11) is -10.1. The molecule has 5 atom stereocenters. The molecule has 1 aromatic carbocycles. The molecule has 0 aliphatic heterocycles. The molecule has 204 valence electrons. The molecule has 37 heavy (non-hydrogen) atoms. The van der Waals surface area contributed by atoms with E-state index in [0.29, 0.717) is 12.1 Å². The molecule has 6 nitrogen and oxygen atoms in total. The molecule has 16 heteroatoms. The van der Waals surface area contributed by atoms with Crippen LogP contribution in [0, 0.1) is 11.8 Å². The lowest BCUT2D eigenvalue weighted by Gasteiger charge is -2.40. The highest BCUT2D eigenvalue weighted by Crippen LogP contribution is 3.02. The van der Waals surface area contributed by atoms with Crippen molar-refractivity contribution in [1.29, 1.82) is 0 Å². The van der Waals surface area contributed by atoms with Gasteiger partial charge < -0.3 is 5.32 Å². The second-order valence-electron chi connectivity index (χ2n) is 8.89. The molecule has 2 unspecified atom stereocenters. The minimum absolute atomic E-state index is 0.0791. The molecule has 1 aromatic heterocycles. The highest BCUT2D eigenvalue weighted by atomic mass is 35.5. The van der Waals surface area contributed by atoms with E-state index in [0.717, 1.165) is 18.7 Å². The smallest absolute Gasteiger partial charge is 0.310 e. The normalized spacial score (nSPS) is 27.3. The fourth-order valence-electron chi connectivity index (χ4n) is 4.72. The van der Waals surface area contributed by atoms with Gasteiger partial charge in [-0.05, 0) is 43.0 Å². The summed E-state index contributed by atoms with van der Waals surface area (Å²) in [5.74, 6) is -7.79. The van der Waals surface area contributed by atoms with Crippen molar-refractivity contribution < 1.29 is 43.6 Å². The van der Waals surface area contributed by atoms with Gasteiger partial charge in [0.2, 0.25) is 5.91 Å². The van der Waals surface area contributed by atoms with Crippen LogP contribution in [0.25, 0.3) is 0 Å². The van der Waals surface area contributed by atoms with E-state index in [1.54, 1.807) is 0 Å². The first kappa shape index (κ1) is 25.9. The number of hydrogen-bond acceptors (Lipinski definition) is 4. The van der Waals surface area contributed by atoms with E-state index in [9.17, 15) is 42.2 Å². The van der Waals surface area contributed by atoms with Gasteiger partial charge in [0, 0.05) is 42.0 Å². The number of halogens is 9. The van der Waals surface area contributed by atoms with E-state index < -0.39 is 80.1 Å². The molecule has 2 fully saturated rings. The Hall–Kier alpha value is -2.68. The van der Waals surface area contributed by atoms with Gasteiger partial charge in [-0.1, -0.05) is 31.0 Å². The highest BCUT2D eigenvalue weighted by molar-refractivity contribution is 8.45. The predicted octanol–water partition coefficient (Wildman–Crippen LogP) is 6.29. The van der Waals surface area contributed by atoms with Crippen molar-refractivity contribution in [2.24, 2.45) is 11.8 Å². The van der Waals surface area contributed by atoms with Crippen molar-refractivity contribution >= 4 is 39.3 Å². The van der Waals surface area contributed by atoms with Gasteiger partial charge in [-0.3, -0.25) is 14.5 Å². The molecule has 0 radical (unpaired) electrons. The average Bonchev–Trinajstić information content (AvgIpc) is 3.34. The van der Waals surface area contributed by atoms with Crippen molar-refractivity contribution in [3.8, 4) is 0 Å². The standard InChI is InChI=1S/C21H19ClF8N4O2S/c22-18(23)20(36)34(14-1-3-15(4-2-14)37(26,27,28,29)30)17(12-8-31-10-32-9-12)19(35)33-16-6-13-5-11(16)7-21(13,24)25/h1-4,8-11,13,16-18H,5-7H2,(H,33,35)/t11?,13?,16-,17+,18+/m1/s1/i17D. The maximum absolute atomic E-state index is 14.1. The Labute approximate surface area is 211 Å². The molecule has 2 bridgehead atoms. The summed E-state index contributed by atoms with van der Waals surface area (Å²) in [6.45, 7) is 0. The summed E-state index contributed by atoms with van der Waals surface area (Å²) in [5.41, 5.74) is -4.17. The Bertz CT molecular complexity index is 1260. The van der Waals surface area contributed by atoms with Crippen molar-refractivity contribution in [3.63, 3.8) is 0 Å². The Morgan fingerprint density at radius 1 is 1.11 bits per heavy atom. The third-order valence-electron chi connectivity index (χ3n) is 6.36. The van der Waals surface area contributed by atoms with E-state index in [4.69, 9.17) is 13.0 Å². The quantitative estimate of drug-likeness (QED) is 0.309. The lowest BCUT2D eigenvalue weighted by Crippen LogP contribution is -2.50. The number of anilines is 1. The lowest BCUT2D eigenvalue weighted by molar-refractivity contribution is -0.128. The van der Waals surface area contributed by atoms with Gasteiger partial charge in [0.1, 0.15) is 17.2 Å². The van der Waals surface area contributed by atoms with Gasteiger partial charge in [-0.2, -0.15) is 0 Å². The van der Waals surface area contributed by atoms with Crippen molar-refractivity contribution in [2.45, 2.75) is 47.8 Å². The van der Waals surface area contributed by atoms with E-state index in [-0.39, 0.29) is 29.9 Å². The maximum atomic E-state index is 14.1. The van der Waals surface area contributed by atoms with Gasteiger partial charge in [0.25, 0.3) is 17.5 Å². The summed E-state index contributed by atoms with van der Waals surface area (Å²) < 4.78 is 117. The molecule has 2 aromatic rings. The fourth-order valence-corrected chi connectivity index (χ4v) is 5.47. The van der Waals surface area contributed by atoms with Crippen LogP contribution in [0.3, 0.4) is 0 Å². The molecular weight excluding hydrogens is 560 g/mol. The molecule has 1 heterocycles. The molecule has 1 N–H and O–H groups in total. The van der Waals surface area contributed by atoms with Crippen molar-refractivity contribution in [2.75, 3.05) is 4.90 Å². The molecular formula is C21H19ClF8N4O2S. The number of nitrogens with one attached hydrogen (secondary N) is 1. The fraction of sp³-hybridized carbons (Fsp3) is 0.429. The van der Waals surface area contributed by atoms with Crippen LogP contribution in [-0.2, 0) is 9.59 Å². The number of nitrogens with zero attached hydrogens (tertiary/aromatic N) is 3. The lowest BCUT2D eigenvalue weighted by atomic mass is 9.92. The van der Waals surface area contributed by atoms with Crippen LogP contribution in [-0.4, -0.2) is 39.4 Å². The Morgan fingerprint density at radius 2 is 1.70 bits per heavy atom. The summed E-state index contributed by atoms with van der Waals surface area (Å²) in [6.07, 6.45) is 2.16. The van der Waals surface area contributed by atoms with Gasteiger partial charge in [-0.15, -0.1) is 0 Å². The zero-order chi connectivity index (χ0) is 28.4. The summed E-state index contributed by atoms with van der Waals surface area (Å²) in [4.78, 5) is 31.4. The van der Waals surface area contributed by atoms with E-state index in [2.05, 4.69) is 15.3 Å². The van der Waals surface area contributed by atoms with Gasteiger partial charge in [0.05, 0.1) is 1.37 Å². The maximum Gasteiger partial charge on any atom is 0.310 e. The number of fused-ring (bicyclic) bond motifs is 2. The average molecular weight is 580 g/mol. The number of hydrogen-bond donors (Lipinski definition) is 1. The van der Waals surface area contributed by atoms with Crippen molar-refractivity contribution in [3.05, 3.63) is 48.5 Å². The number of carbonyl (C=O) groups is 2. The molecule has 2 amide bonds. The molecule has 2 aliphatic carbocycles. The Balaban J connectivity index is 1.79. The third-order valence-corrected chi connectivity index (χ3v) is 7.71. The predicted molar refractivity (Wildman–Crippen MR) is 119 cm³/mol. The zero-order valence-corrected chi connectivity index (χ0v) is 20.0. The summed E-state index contributed by atoms with van der Waals surface area (Å²) in [5, 5.41) is 2.41. The van der Waals surface area contributed by atoms with E-state index in [1.807, 2.05) is 0 Å². The molecule has 0 spiro atoms. The SMILES string of the molecule is [2H][C@@](C(=O)N[C@@H]1CC2CC1CC2(F)F)(c1cncnc1)N(C(=O)[C@H](F)Cl)c1ccc(S(F)(F)(F)(F)F)cc1.